The summed E-state index contributed by atoms with van der Waals surface area (Å²) in [6.07, 6.45) is -0.781. The predicted molar refractivity (Wildman–Crippen MR) is 91.2 cm³/mol. The number of ether oxygens (including phenoxy) is 1. The molecule has 0 aromatic heterocycles. The topological polar surface area (TPSA) is 88.9 Å². The quantitative estimate of drug-likeness (QED) is 0.673. The Hall–Kier alpha value is -2.12. The van der Waals surface area contributed by atoms with Crippen LogP contribution < -0.4 is 15.5 Å². The largest absolute Gasteiger partial charge is 0.450 e. The summed E-state index contributed by atoms with van der Waals surface area (Å²) in [5, 5.41) is 5.42. The van der Waals surface area contributed by atoms with Crippen LogP contribution in [-0.2, 0) is 14.3 Å². The predicted octanol–water partition coefficient (Wildman–Crippen LogP) is 0.764. The minimum absolute atomic E-state index is 0.00259. The number of likely N-dealkylation sites (N-methyl/N-ethyl adjacent to an activating group) is 1. The molecule has 8 heteroatoms. The van der Waals surface area contributed by atoms with Crippen molar-refractivity contribution in [2.24, 2.45) is 0 Å². The standard InChI is InChI=1S/C16H22ClN3O4/c1-4-20(10-15(22)19-16(23)24-5-2)9-14(21)18-12-7-6-11(3)13(17)8-12/h6-8H,4-5,9-10H2,1-3H3,(H,18,21)(H,19,22,23)/p+1. The lowest BCUT2D eigenvalue weighted by Crippen LogP contribution is -3.14. The van der Waals surface area contributed by atoms with E-state index in [1.165, 1.54) is 0 Å². The highest BCUT2D eigenvalue weighted by molar-refractivity contribution is 6.31. The van der Waals surface area contributed by atoms with Gasteiger partial charge in [0, 0.05) is 10.7 Å². The van der Waals surface area contributed by atoms with Gasteiger partial charge in [-0.15, -0.1) is 0 Å². The molecule has 0 saturated carbocycles. The van der Waals surface area contributed by atoms with Crippen molar-refractivity contribution in [2.45, 2.75) is 20.8 Å². The summed E-state index contributed by atoms with van der Waals surface area (Å²) in [5.41, 5.74) is 1.52. The van der Waals surface area contributed by atoms with Gasteiger partial charge in [0.2, 0.25) is 0 Å². The Bertz CT molecular complexity index is 607. The zero-order valence-corrected chi connectivity index (χ0v) is 14.8. The van der Waals surface area contributed by atoms with Gasteiger partial charge in [-0.25, -0.2) is 4.79 Å². The summed E-state index contributed by atoms with van der Waals surface area (Å²) in [4.78, 5) is 35.7. The molecule has 24 heavy (non-hydrogen) atoms. The van der Waals surface area contributed by atoms with Gasteiger partial charge in [0.1, 0.15) is 0 Å². The molecule has 1 unspecified atom stereocenters. The fourth-order valence-electron chi connectivity index (χ4n) is 1.97. The number of alkyl carbamates (subject to hydrolysis) is 1. The molecule has 0 aliphatic rings. The van der Waals surface area contributed by atoms with Gasteiger partial charge in [0.15, 0.2) is 13.1 Å². The van der Waals surface area contributed by atoms with Gasteiger partial charge in [0.25, 0.3) is 11.8 Å². The monoisotopic (exact) mass is 356 g/mol. The molecule has 3 amide bonds. The van der Waals surface area contributed by atoms with Crippen molar-refractivity contribution in [1.29, 1.82) is 0 Å². The molecule has 0 aliphatic carbocycles. The molecule has 0 spiro atoms. The number of nitrogens with one attached hydrogen (secondary N) is 3. The molecule has 0 fully saturated rings. The van der Waals surface area contributed by atoms with Crippen LogP contribution in [0.1, 0.15) is 19.4 Å². The third kappa shape index (κ3) is 6.97. The molecule has 132 valence electrons. The second-order valence-corrected chi connectivity index (χ2v) is 5.65. The lowest BCUT2D eigenvalue weighted by Gasteiger charge is -2.16. The van der Waals surface area contributed by atoms with Gasteiger partial charge in [-0.3, -0.25) is 14.9 Å². The van der Waals surface area contributed by atoms with E-state index < -0.39 is 12.0 Å². The molecule has 0 radical (unpaired) electrons. The zero-order chi connectivity index (χ0) is 18.1. The first-order valence-corrected chi connectivity index (χ1v) is 8.09. The summed E-state index contributed by atoms with van der Waals surface area (Å²) in [7, 11) is 0. The molecule has 3 N–H and O–H groups in total. The van der Waals surface area contributed by atoms with E-state index in [0.29, 0.717) is 22.2 Å². The van der Waals surface area contributed by atoms with Crippen LogP contribution in [0.5, 0.6) is 0 Å². The highest BCUT2D eigenvalue weighted by Crippen LogP contribution is 2.19. The molecule has 0 heterocycles. The highest BCUT2D eigenvalue weighted by atomic mass is 35.5. The summed E-state index contributed by atoms with van der Waals surface area (Å²) < 4.78 is 4.64. The van der Waals surface area contributed by atoms with Crippen LogP contribution in [0.2, 0.25) is 5.02 Å². The molecule has 0 aliphatic heterocycles. The Kier molecular flexibility index (Phi) is 8.21. The lowest BCUT2D eigenvalue weighted by atomic mass is 10.2. The average Bonchev–Trinajstić information content (AvgIpc) is 2.50. The third-order valence-electron chi connectivity index (χ3n) is 3.29. The minimum Gasteiger partial charge on any atom is -0.450 e. The SMILES string of the molecule is CCOC(=O)NC(=O)C[NH+](CC)CC(=O)Nc1ccc(C)c(Cl)c1. The summed E-state index contributed by atoms with van der Waals surface area (Å²) in [5.74, 6) is -0.729. The molecule has 0 bridgehead atoms. The summed E-state index contributed by atoms with van der Waals surface area (Å²) in [6.45, 7) is 6.20. The number of hydrogen-bond donors (Lipinski definition) is 3. The van der Waals surface area contributed by atoms with E-state index in [0.717, 1.165) is 5.56 Å². The lowest BCUT2D eigenvalue weighted by molar-refractivity contribution is -0.881. The maximum Gasteiger partial charge on any atom is 0.414 e. The number of anilines is 1. The van der Waals surface area contributed by atoms with Crippen LogP contribution >= 0.6 is 11.6 Å². The van der Waals surface area contributed by atoms with Gasteiger partial charge in [0.05, 0.1) is 13.2 Å². The number of carbonyl (C=O) groups excluding carboxylic acids is 3. The smallest absolute Gasteiger partial charge is 0.414 e. The Morgan fingerprint density at radius 3 is 2.42 bits per heavy atom. The number of amides is 3. The number of quaternary nitrogens is 1. The van der Waals surface area contributed by atoms with Crippen LogP contribution in [0, 0.1) is 6.92 Å². The first kappa shape index (κ1) is 19.9. The highest BCUT2D eigenvalue weighted by Gasteiger charge is 2.18. The number of imide groups is 1. The van der Waals surface area contributed by atoms with Crippen molar-refractivity contribution in [3.05, 3.63) is 28.8 Å². The number of halogens is 1. The van der Waals surface area contributed by atoms with Crippen LogP contribution in [0.3, 0.4) is 0 Å². The number of benzene rings is 1. The number of rotatable bonds is 7. The van der Waals surface area contributed by atoms with Crippen LogP contribution in [0.4, 0.5) is 10.5 Å². The molecular formula is C16H23ClN3O4+. The number of hydrogen-bond acceptors (Lipinski definition) is 4. The van der Waals surface area contributed by atoms with E-state index in [1.54, 1.807) is 19.1 Å². The summed E-state index contributed by atoms with van der Waals surface area (Å²) in [6, 6.07) is 5.25. The van der Waals surface area contributed by atoms with Crippen LogP contribution in [0.15, 0.2) is 18.2 Å². The Balaban J connectivity index is 2.51. The Labute approximate surface area is 146 Å². The average molecular weight is 357 g/mol. The first-order chi connectivity index (χ1) is 11.3. The van der Waals surface area contributed by atoms with E-state index in [4.69, 9.17) is 11.6 Å². The van der Waals surface area contributed by atoms with Crippen LogP contribution in [-0.4, -0.2) is 44.1 Å². The fourth-order valence-corrected chi connectivity index (χ4v) is 2.15. The number of aryl methyl sites for hydroxylation is 1. The third-order valence-corrected chi connectivity index (χ3v) is 3.70. The van der Waals surface area contributed by atoms with Gasteiger partial charge in [-0.2, -0.15) is 0 Å². The van der Waals surface area contributed by atoms with Crippen molar-refractivity contribution in [3.63, 3.8) is 0 Å². The van der Waals surface area contributed by atoms with Crippen molar-refractivity contribution < 1.29 is 24.0 Å². The van der Waals surface area contributed by atoms with Crippen LogP contribution in [0.25, 0.3) is 0 Å². The number of carbonyl (C=O) groups is 3. The molecule has 1 aromatic carbocycles. The van der Waals surface area contributed by atoms with Crippen molar-refractivity contribution in [2.75, 3.05) is 31.6 Å². The molecule has 1 aromatic rings. The minimum atomic E-state index is -0.781. The van der Waals surface area contributed by atoms with E-state index in [2.05, 4.69) is 15.4 Å². The second kappa shape index (κ2) is 9.89. The normalized spacial score (nSPS) is 11.5. The first-order valence-electron chi connectivity index (χ1n) is 7.71. The van der Waals surface area contributed by atoms with Gasteiger partial charge in [-0.1, -0.05) is 17.7 Å². The van der Waals surface area contributed by atoms with E-state index in [9.17, 15) is 14.4 Å². The zero-order valence-electron chi connectivity index (χ0n) is 14.1. The Morgan fingerprint density at radius 1 is 1.17 bits per heavy atom. The maximum atomic E-state index is 12.1. The Morgan fingerprint density at radius 2 is 1.83 bits per heavy atom. The second-order valence-electron chi connectivity index (χ2n) is 5.24. The van der Waals surface area contributed by atoms with E-state index in [1.807, 2.05) is 19.9 Å². The molecule has 0 saturated heterocycles. The van der Waals surface area contributed by atoms with E-state index >= 15 is 0 Å². The maximum absolute atomic E-state index is 12.1. The summed E-state index contributed by atoms with van der Waals surface area (Å²) >= 11 is 6.02. The fraction of sp³-hybridized carbons (Fsp3) is 0.438. The molecular weight excluding hydrogens is 334 g/mol. The van der Waals surface area contributed by atoms with Gasteiger partial charge >= 0.3 is 6.09 Å². The molecule has 1 rings (SSSR count). The molecule has 1 atom stereocenters. The van der Waals surface area contributed by atoms with Crippen molar-refractivity contribution in [1.82, 2.24) is 5.32 Å². The van der Waals surface area contributed by atoms with Gasteiger partial charge in [-0.05, 0) is 38.5 Å². The van der Waals surface area contributed by atoms with Crippen molar-refractivity contribution in [3.8, 4) is 0 Å². The van der Waals surface area contributed by atoms with Crippen molar-refractivity contribution >= 4 is 35.2 Å². The van der Waals surface area contributed by atoms with Gasteiger partial charge < -0.3 is 15.0 Å². The molecule has 7 nitrogen and oxygen atoms in total. The van der Waals surface area contributed by atoms with E-state index in [-0.39, 0.29) is 25.6 Å².